The van der Waals surface area contributed by atoms with E-state index in [1.165, 1.54) is 0 Å². The average molecular weight is 256 g/mol. The molecule has 0 aromatic carbocycles. The van der Waals surface area contributed by atoms with Crippen LogP contribution in [0.2, 0.25) is 0 Å². The third-order valence-corrected chi connectivity index (χ3v) is 3.32. The molecule has 0 amide bonds. The van der Waals surface area contributed by atoms with Crippen LogP contribution in [0.25, 0.3) is 0 Å². The van der Waals surface area contributed by atoms with Crippen molar-refractivity contribution in [2.45, 2.75) is 25.8 Å². The largest absolute Gasteiger partial charge is 0.455 e. The first-order valence-corrected chi connectivity index (χ1v) is 6.01. The Hall–Kier alpha value is -1.13. The highest BCUT2D eigenvalue weighted by atomic mass is 35.5. The number of likely N-dealkylation sites (tertiary alicyclic amines) is 1. The summed E-state index contributed by atoms with van der Waals surface area (Å²) in [5.74, 6) is 1.19. The molecule has 92 valence electrons. The summed E-state index contributed by atoms with van der Waals surface area (Å²) in [5, 5.41) is -0.586. The van der Waals surface area contributed by atoms with Gasteiger partial charge in [-0.1, -0.05) is 0 Å². The van der Waals surface area contributed by atoms with Crippen LogP contribution in [0, 0.1) is 0 Å². The van der Waals surface area contributed by atoms with Crippen molar-refractivity contribution >= 4 is 22.6 Å². The average Bonchev–Trinajstić information content (AvgIpc) is 2.78. The number of halogens is 1. The monoisotopic (exact) mass is 255 g/mol. The van der Waals surface area contributed by atoms with Crippen LogP contribution >= 0.6 is 11.6 Å². The molecule has 1 aromatic heterocycles. The Morgan fingerprint density at radius 3 is 2.59 bits per heavy atom. The maximum atomic E-state index is 11.1. The van der Waals surface area contributed by atoms with Gasteiger partial charge in [-0.3, -0.25) is 14.5 Å². The highest BCUT2D eigenvalue weighted by Gasteiger charge is 2.24. The van der Waals surface area contributed by atoms with Gasteiger partial charge in [0.2, 0.25) is 0 Å². The standard InChI is InChI=1S/C12H14ClNO3/c1-8(14-6-4-9(15)5-7-14)10-2-3-11(17-10)12(13)16/h2-3,8H,4-7H2,1H3. The fourth-order valence-electron chi connectivity index (χ4n) is 2.02. The minimum atomic E-state index is -0.586. The zero-order valence-electron chi connectivity index (χ0n) is 9.61. The number of rotatable bonds is 3. The van der Waals surface area contributed by atoms with Crippen LogP contribution in [0.1, 0.15) is 42.1 Å². The summed E-state index contributed by atoms with van der Waals surface area (Å²) in [7, 11) is 0. The molecule has 1 fully saturated rings. The molecule has 1 aliphatic heterocycles. The van der Waals surface area contributed by atoms with E-state index in [-0.39, 0.29) is 11.8 Å². The number of furan rings is 1. The van der Waals surface area contributed by atoms with E-state index in [1.54, 1.807) is 12.1 Å². The molecule has 0 N–H and O–H groups in total. The van der Waals surface area contributed by atoms with Crippen molar-refractivity contribution in [3.05, 3.63) is 23.7 Å². The maximum Gasteiger partial charge on any atom is 0.287 e. The van der Waals surface area contributed by atoms with E-state index in [4.69, 9.17) is 16.0 Å². The van der Waals surface area contributed by atoms with Crippen LogP contribution in [0.5, 0.6) is 0 Å². The predicted molar refractivity (Wildman–Crippen MR) is 63.1 cm³/mol. The Kier molecular flexibility index (Phi) is 3.64. The van der Waals surface area contributed by atoms with E-state index in [0.29, 0.717) is 24.4 Å². The lowest BCUT2D eigenvalue weighted by atomic mass is 10.1. The van der Waals surface area contributed by atoms with Crippen LogP contribution in [-0.2, 0) is 4.79 Å². The van der Waals surface area contributed by atoms with Crippen molar-refractivity contribution in [2.75, 3.05) is 13.1 Å². The van der Waals surface area contributed by atoms with E-state index in [9.17, 15) is 9.59 Å². The van der Waals surface area contributed by atoms with Gasteiger partial charge in [-0.25, -0.2) is 0 Å². The second-order valence-corrected chi connectivity index (χ2v) is 4.57. The Bertz CT molecular complexity index is 431. The molecule has 2 heterocycles. The van der Waals surface area contributed by atoms with E-state index in [0.717, 1.165) is 13.1 Å². The molecule has 1 aliphatic rings. The normalized spacial score (nSPS) is 19.3. The molecule has 0 saturated carbocycles. The second kappa shape index (κ2) is 5.02. The first-order chi connectivity index (χ1) is 8.08. The molecule has 0 spiro atoms. The van der Waals surface area contributed by atoms with Gasteiger partial charge in [-0.2, -0.15) is 0 Å². The van der Waals surface area contributed by atoms with Crippen molar-refractivity contribution in [1.29, 1.82) is 0 Å². The molecule has 5 heteroatoms. The summed E-state index contributed by atoms with van der Waals surface area (Å²) in [5.41, 5.74) is 0. The Labute approximate surface area is 105 Å². The fraction of sp³-hybridized carbons (Fsp3) is 0.500. The molecule has 0 aliphatic carbocycles. The Morgan fingerprint density at radius 2 is 2.06 bits per heavy atom. The van der Waals surface area contributed by atoms with Gasteiger partial charge >= 0.3 is 0 Å². The van der Waals surface area contributed by atoms with Gasteiger partial charge in [0.05, 0.1) is 6.04 Å². The summed E-state index contributed by atoms with van der Waals surface area (Å²) in [6, 6.07) is 3.40. The number of hydrogen-bond donors (Lipinski definition) is 0. The maximum absolute atomic E-state index is 11.1. The SMILES string of the molecule is CC(c1ccc(C(=O)Cl)o1)N1CCC(=O)CC1. The lowest BCUT2D eigenvalue weighted by molar-refractivity contribution is -0.121. The van der Waals surface area contributed by atoms with E-state index >= 15 is 0 Å². The smallest absolute Gasteiger partial charge is 0.287 e. The number of Topliss-reactive ketones (excluding diaryl/α,β-unsaturated/α-hetero) is 1. The van der Waals surface area contributed by atoms with Crippen LogP contribution < -0.4 is 0 Å². The third kappa shape index (κ3) is 2.76. The molecular formula is C12H14ClNO3. The Morgan fingerprint density at radius 1 is 1.41 bits per heavy atom. The molecule has 2 rings (SSSR count). The van der Waals surface area contributed by atoms with Crippen LogP contribution in [0.3, 0.4) is 0 Å². The molecule has 17 heavy (non-hydrogen) atoms. The lowest BCUT2D eigenvalue weighted by Gasteiger charge is -2.30. The second-order valence-electron chi connectivity index (χ2n) is 4.23. The summed E-state index contributed by atoms with van der Waals surface area (Å²) in [6.45, 7) is 3.48. The van der Waals surface area contributed by atoms with Gasteiger partial charge in [-0.15, -0.1) is 0 Å². The van der Waals surface area contributed by atoms with Gasteiger partial charge < -0.3 is 4.42 Å². The number of piperidine rings is 1. The highest BCUT2D eigenvalue weighted by molar-refractivity contribution is 6.67. The Balaban J connectivity index is 2.05. The summed E-state index contributed by atoms with van der Waals surface area (Å²) in [4.78, 5) is 24.2. The number of carbonyl (C=O) groups is 2. The van der Waals surface area contributed by atoms with Crippen molar-refractivity contribution < 1.29 is 14.0 Å². The minimum Gasteiger partial charge on any atom is -0.455 e. The number of carbonyl (C=O) groups excluding carboxylic acids is 2. The van der Waals surface area contributed by atoms with Crippen molar-refractivity contribution in [2.24, 2.45) is 0 Å². The van der Waals surface area contributed by atoms with Crippen LogP contribution in [-0.4, -0.2) is 29.0 Å². The molecule has 0 bridgehead atoms. The zero-order valence-corrected chi connectivity index (χ0v) is 10.4. The molecule has 4 nitrogen and oxygen atoms in total. The van der Waals surface area contributed by atoms with Crippen molar-refractivity contribution in [3.8, 4) is 0 Å². The molecule has 1 saturated heterocycles. The predicted octanol–water partition coefficient (Wildman–Crippen LogP) is 2.38. The lowest BCUT2D eigenvalue weighted by Crippen LogP contribution is -2.35. The van der Waals surface area contributed by atoms with E-state index < -0.39 is 5.24 Å². The van der Waals surface area contributed by atoms with Gasteiger partial charge in [0.1, 0.15) is 11.5 Å². The van der Waals surface area contributed by atoms with Gasteiger partial charge in [0, 0.05) is 25.9 Å². The number of ketones is 1. The fourth-order valence-corrected chi connectivity index (χ4v) is 2.13. The topological polar surface area (TPSA) is 50.5 Å². The molecular weight excluding hydrogens is 242 g/mol. The molecule has 0 radical (unpaired) electrons. The van der Waals surface area contributed by atoms with E-state index in [1.807, 2.05) is 6.92 Å². The van der Waals surface area contributed by atoms with E-state index in [2.05, 4.69) is 4.90 Å². The van der Waals surface area contributed by atoms with Gasteiger partial charge in [0.25, 0.3) is 5.24 Å². The number of hydrogen-bond acceptors (Lipinski definition) is 4. The molecule has 1 aromatic rings. The van der Waals surface area contributed by atoms with Crippen molar-refractivity contribution in [3.63, 3.8) is 0 Å². The van der Waals surface area contributed by atoms with Gasteiger partial charge in [-0.05, 0) is 30.7 Å². The quantitative estimate of drug-likeness (QED) is 0.778. The van der Waals surface area contributed by atoms with Gasteiger partial charge in [0.15, 0.2) is 5.76 Å². The van der Waals surface area contributed by atoms with Crippen LogP contribution in [0.15, 0.2) is 16.5 Å². The molecule has 1 atom stereocenters. The summed E-state index contributed by atoms with van der Waals surface area (Å²) >= 11 is 5.34. The first-order valence-electron chi connectivity index (χ1n) is 5.63. The van der Waals surface area contributed by atoms with Crippen LogP contribution in [0.4, 0.5) is 0 Å². The highest BCUT2D eigenvalue weighted by Crippen LogP contribution is 2.25. The zero-order chi connectivity index (χ0) is 12.4. The third-order valence-electron chi connectivity index (χ3n) is 3.14. The summed E-state index contributed by atoms with van der Waals surface area (Å²) < 4.78 is 5.38. The molecule has 1 unspecified atom stereocenters. The number of nitrogens with zero attached hydrogens (tertiary/aromatic N) is 1. The van der Waals surface area contributed by atoms with Crippen molar-refractivity contribution in [1.82, 2.24) is 4.90 Å². The first kappa shape index (κ1) is 12.3. The minimum absolute atomic E-state index is 0.0628. The summed E-state index contributed by atoms with van der Waals surface area (Å²) in [6.07, 6.45) is 1.18.